The van der Waals surface area contributed by atoms with Crippen LogP contribution in [0.5, 0.6) is 0 Å². The van der Waals surface area contributed by atoms with Crippen LogP contribution in [0.15, 0.2) is 0 Å². The lowest BCUT2D eigenvalue weighted by Crippen LogP contribution is -2.45. The fourth-order valence-electron chi connectivity index (χ4n) is 3.34. The normalized spacial score (nSPS) is 24.9. The van der Waals surface area contributed by atoms with Crippen LogP contribution in [0.25, 0.3) is 0 Å². The first kappa shape index (κ1) is 12.4. The van der Waals surface area contributed by atoms with Gasteiger partial charge in [-0.1, -0.05) is 20.3 Å². The van der Waals surface area contributed by atoms with Gasteiger partial charge >= 0.3 is 0 Å². The van der Waals surface area contributed by atoms with Crippen molar-refractivity contribution in [1.82, 2.24) is 10.2 Å². The first-order valence-corrected chi connectivity index (χ1v) is 7.24. The summed E-state index contributed by atoms with van der Waals surface area (Å²) in [6.45, 7) is 9.77. The van der Waals surface area contributed by atoms with Crippen LogP contribution in [0.1, 0.15) is 52.4 Å². The molecule has 0 radical (unpaired) electrons. The maximum Gasteiger partial charge on any atom is 0.00965 e. The topological polar surface area (TPSA) is 15.3 Å². The zero-order chi connectivity index (χ0) is 11.4. The summed E-state index contributed by atoms with van der Waals surface area (Å²) in [4.78, 5) is 2.75. The zero-order valence-corrected chi connectivity index (χ0v) is 11.1. The summed E-state index contributed by atoms with van der Waals surface area (Å²) in [5.41, 5.74) is 0.638. The fraction of sp³-hybridized carbons (Fsp3) is 1.00. The van der Waals surface area contributed by atoms with Gasteiger partial charge in [0.15, 0.2) is 0 Å². The van der Waals surface area contributed by atoms with Gasteiger partial charge in [-0.15, -0.1) is 0 Å². The number of rotatable bonds is 6. The molecule has 0 aromatic heterocycles. The summed E-state index contributed by atoms with van der Waals surface area (Å²) in [7, 11) is 0. The van der Waals surface area contributed by atoms with E-state index in [1.54, 1.807) is 0 Å². The Bertz CT molecular complexity index is 199. The summed E-state index contributed by atoms with van der Waals surface area (Å²) in [6.07, 6.45) is 8.47. The molecule has 2 nitrogen and oxygen atoms in total. The Hall–Kier alpha value is -0.0800. The maximum atomic E-state index is 3.52. The molecule has 16 heavy (non-hydrogen) atoms. The highest BCUT2D eigenvalue weighted by molar-refractivity contribution is 4.92. The minimum Gasteiger partial charge on any atom is -0.317 e. The van der Waals surface area contributed by atoms with E-state index in [0.29, 0.717) is 5.41 Å². The van der Waals surface area contributed by atoms with Crippen LogP contribution in [-0.4, -0.2) is 37.1 Å². The van der Waals surface area contributed by atoms with Gasteiger partial charge in [0.05, 0.1) is 0 Å². The second-order valence-corrected chi connectivity index (χ2v) is 5.79. The molecular formula is C14H28N2. The van der Waals surface area contributed by atoms with E-state index >= 15 is 0 Å². The minimum atomic E-state index is 0.638. The number of nitrogens with zero attached hydrogens (tertiary/aromatic N) is 1. The monoisotopic (exact) mass is 224 g/mol. The van der Waals surface area contributed by atoms with Gasteiger partial charge in [0.25, 0.3) is 0 Å². The fourth-order valence-corrected chi connectivity index (χ4v) is 3.34. The Labute approximate surface area is 101 Å². The van der Waals surface area contributed by atoms with Crippen LogP contribution in [0.3, 0.4) is 0 Å². The molecule has 94 valence electrons. The predicted octanol–water partition coefficient (Wildman–Crippen LogP) is 2.64. The molecular weight excluding hydrogens is 196 g/mol. The molecule has 1 saturated heterocycles. The largest absolute Gasteiger partial charge is 0.317 e. The molecule has 1 saturated carbocycles. The molecule has 0 aromatic carbocycles. The Morgan fingerprint density at radius 2 is 1.88 bits per heavy atom. The van der Waals surface area contributed by atoms with E-state index in [-0.39, 0.29) is 0 Å². The number of piperidine rings is 1. The van der Waals surface area contributed by atoms with Gasteiger partial charge in [-0.25, -0.2) is 0 Å². The van der Waals surface area contributed by atoms with Crippen LogP contribution >= 0.6 is 0 Å². The van der Waals surface area contributed by atoms with Crippen LogP contribution < -0.4 is 5.32 Å². The van der Waals surface area contributed by atoms with Crippen molar-refractivity contribution >= 4 is 0 Å². The van der Waals surface area contributed by atoms with Crippen molar-refractivity contribution in [3.8, 4) is 0 Å². The average molecular weight is 224 g/mol. The molecule has 0 aromatic rings. The van der Waals surface area contributed by atoms with Crippen molar-refractivity contribution < 1.29 is 0 Å². The van der Waals surface area contributed by atoms with Crippen molar-refractivity contribution in [3.05, 3.63) is 0 Å². The third-order valence-corrected chi connectivity index (χ3v) is 4.45. The van der Waals surface area contributed by atoms with E-state index in [9.17, 15) is 0 Å². The van der Waals surface area contributed by atoms with Gasteiger partial charge in [-0.2, -0.15) is 0 Å². The zero-order valence-electron chi connectivity index (χ0n) is 11.1. The summed E-state index contributed by atoms with van der Waals surface area (Å²) >= 11 is 0. The first-order valence-electron chi connectivity index (χ1n) is 7.24. The van der Waals surface area contributed by atoms with Gasteiger partial charge in [0, 0.05) is 12.6 Å². The molecule has 0 unspecified atom stereocenters. The van der Waals surface area contributed by atoms with E-state index in [1.807, 2.05) is 0 Å². The molecule has 2 fully saturated rings. The Balaban J connectivity index is 1.94. The van der Waals surface area contributed by atoms with Crippen LogP contribution in [0, 0.1) is 5.41 Å². The third kappa shape index (κ3) is 2.98. The molecule has 1 heterocycles. The van der Waals surface area contributed by atoms with E-state index in [1.165, 1.54) is 64.7 Å². The van der Waals surface area contributed by atoms with Crippen LogP contribution in [0.2, 0.25) is 0 Å². The highest BCUT2D eigenvalue weighted by atomic mass is 15.2. The van der Waals surface area contributed by atoms with E-state index in [0.717, 1.165) is 6.04 Å². The summed E-state index contributed by atoms with van der Waals surface area (Å²) in [5, 5.41) is 3.52. The lowest BCUT2D eigenvalue weighted by atomic mass is 9.75. The lowest BCUT2D eigenvalue weighted by molar-refractivity contribution is 0.0991. The summed E-state index contributed by atoms with van der Waals surface area (Å²) in [5.74, 6) is 0. The molecule has 2 aliphatic rings. The molecule has 2 rings (SSSR count). The van der Waals surface area contributed by atoms with Crippen molar-refractivity contribution in [2.24, 2.45) is 5.41 Å². The van der Waals surface area contributed by atoms with Gasteiger partial charge in [-0.3, -0.25) is 0 Å². The Morgan fingerprint density at radius 1 is 1.19 bits per heavy atom. The number of hydrogen-bond acceptors (Lipinski definition) is 2. The standard InChI is InChI=1S/C14H28N2/c1-3-7-14(8-10-15-11-9-14)12-16(4-2)13-5-6-13/h13,15H,3-12H2,1-2H3. The molecule has 2 heteroatoms. The lowest BCUT2D eigenvalue weighted by Gasteiger charge is -2.41. The second-order valence-electron chi connectivity index (χ2n) is 5.79. The maximum absolute atomic E-state index is 3.52. The molecule has 0 spiro atoms. The highest BCUT2D eigenvalue weighted by Crippen LogP contribution is 2.38. The number of hydrogen-bond donors (Lipinski definition) is 1. The first-order chi connectivity index (χ1) is 7.79. The van der Waals surface area contributed by atoms with Crippen molar-refractivity contribution in [2.45, 2.75) is 58.4 Å². The molecule has 0 amide bonds. The van der Waals surface area contributed by atoms with Gasteiger partial charge in [-0.05, 0) is 57.2 Å². The van der Waals surface area contributed by atoms with Crippen molar-refractivity contribution in [3.63, 3.8) is 0 Å². The summed E-state index contributed by atoms with van der Waals surface area (Å²) < 4.78 is 0. The van der Waals surface area contributed by atoms with E-state index in [2.05, 4.69) is 24.1 Å². The molecule has 1 aliphatic carbocycles. The predicted molar refractivity (Wildman–Crippen MR) is 69.7 cm³/mol. The Kier molecular flexibility index (Phi) is 4.26. The van der Waals surface area contributed by atoms with Crippen LogP contribution in [-0.2, 0) is 0 Å². The quantitative estimate of drug-likeness (QED) is 0.746. The van der Waals surface area contributed by atoms with Crippen LogP contribution in [0.4, 0.5) is 0 Å². The van der Waals surface area contributed by atoms with Crippen molar-refractivity contribution in [1.29, 1.82) is 0 Å². The average Bonchev–Trinajstić information content (AvgIpc) is 3.12. The smallest absolute Gasteiger partial charge is 0.00965 e. The van der Waals surface area contributed by atoms with Gasteiger partial charge < -0.3 is 10.2 Å². The molecule has 1 aliphatic heterocycles. The van der Waals surface area contributed by atoms with E-state index in [4.69, 9.17) is 0 Å². The van der Waals surface area contributed by atoms with E-state index < -0.39 is 0 Å². The highest BCUT2D eigenvalue weighted by Gasteiger charge is 2.37. The second kappa shape index (κ2) is 5.50. The number of nitrogens with one attached hydrogen (secondary N) is 1. The molecule has 1 N–H and O–H groups in total. The Morgan fingerprint density at radius 3 is 2.38 bits per heavy atom. The van der Waals surface area contributed by atoms with Crippen molar-refractivity contribution in [2.75, 3.05) is 26.2 Å². The van der Waals surface area contributed by atoms with Gasteiger partial charge in [0.1, 0.15) is 0 Å². The minimum absolute atomic E-state index is 0.638. The molecule has 0 bridgehead atoms. The third-order valence-electron chi connectivity index (χ3n) is 4.45. The SMILES string of the molecule is CCCC1(CN(CC)C2CC2)CCNCC1. The van der Waals surface area contributed by atoms with Gasteiger partial charge in [0.2, 0.25) is 0 Å². The summed E-state index contributed by atoms with van der Waals surface area (Å²) in [6, 6.07) is 0.939. The molecule has 0 atom stereocenters.